The van der Waals surface area contributed by atoms with Gasteiger partial charge in [0.05, 0.1) is 17.2 Å². The van der Waals surface area contributed by atoms with Crippen LogP contribution in [0.25, 0.3) is 0 Å². The van der Waals surface area contributed by atoms with E-state index in [4.69, 9.17) is 4.74 Å². The Labute approximate surface area is 137 Å². The van der Waals surface area contributed by atoms with E-state index < -0.39 is 0 Å². The van der Waals surface area contributed by atoms with Gasteiger partial charge in [-0.2, -0.15) is 0 Å². The van der Waals surface area contributed by atoms with Crippen molar-refractivity contribution in [2.75, 3.05) is 13.7 Å². The summed E-state index contributed by atoms with van der Waals surface area (Å²) in [6.07, 6.45) is 2.79. The molecule has 0 bridgehead atoms. The van der Waals surface area contributed by atoms with Crippen LogP contribution in [0.1, 0.15) is 34.7 Å². The topological polar surface area (TPSA) is 47.0 Å². The highest BCUT2D eigenvalue weighted by Gasteiger charge is 2.23. The van der Waals surface area contributed by atoms with Crippen molar-refractivity contribution in [3.63, 3.8) is 0 Å². The van der Waals surface area contributed by atoms with Crippen LogP contribution in [0.5, 0.6) is 5.75 Å². The number of hydrogen-bond donors (Lipinski definition) is 1. The summed E-state index contributed by atoms with van der Waals surface area (Å²) in [6, 6.07) is 4.54. The lowest BCUT2D eigenvalue weighted by molar-refractivity contribution is 0.352. The van der Waals surface area contributed by atoms with Gasteiger partial charge in [-0.15, -0.1) is 5.10 Å². The Morgan fingerprint density at radius 1 is 1.48 bits per heavy atom. The molecule has 1 atom stereocenters. The summed E-state index contributed by atoms with van der Waals surface area (Å²) in [4.78, 5) is 1.23. The summed E-state index contributed by atoms with van der Waals surface area (Å²) in [5.74, 6) is 1.06. The van der Waals surface area contributed by atoms with Gasteiger partial charge in [0, 0.05) is 16.9 Å². The second-order valence-electron chi connectivity index (χ2n) is 5.13. The molecule has 3 rings (SSSR count). The van der Waals surface area contributed by atoms with E-state index in [0.717, 1.165) is 41.8 Å². The molecule has 1 aliphatic heterocycles. The molecule has 112 valence electrons. The smallest absolute Gasteiger partial charge is 0.125 e. The monoisotopic (exact) mass is 367 g/mol. The van der Waals surface area contributed by atoms with Crippen LogP contribution in [0.4, 0.5) is 0 Å². The third-order valence-electron chi connectivity index (χ3n) is 3.83. The predicted octanol–water partition coefficient (Wildman–Crippen LogP) is 3.30. The first-order valence-corrected chi connectivity index (χ1v) is 8.72. The second-order valence-corrected chi connectivity index (χ2v) is 6.84. The van der Waals surface area contributed by atoms with Crippen LogP contribution in [-0.4, -0.2) is 23.2 Å². The van der Waals surface area contributed by atoms with E-state index in [1.807, 2.05) is 7.05 Å². The molecule has 0 spiro atoms. The Morgan fingerprint density at radius 2 is 2.33 bits per heavy atom. The van der Waals surface area contributed by atoms with Gasteiger partial charge in [-0.1, -0.05) is 27.3 Å². The molecule has 2 heterocycles. The zero-order valence-electron chi connectivity index (χ0n) is 12.1. The van der Waals surface area contributed by atoms with Crippen molar-refractivity contribution in [3.05, 3.63) is 38.3 Å². The lowest BCUT2D eigenvalue weighted by Gasteiger charge is -2.17. The lowest BCUT2D eigenvalue weighted by Crippen LogP contribution is -2.19. The highest BCUT2D eigenvalue weighted by molar-refractivity contribution is 9.10. The van der Waals surface area contributed by atoms with Crippen molar-refractivity contribution < 1.29 is 4.74 Å². The summed E-state index contributed by atoms with van der Waals surface area (Å²) in [6.45, 7) is 2.90. The first-order valence-electron chi connectivity index (χ1n) is 7.15. The van der Waals surface area contributed by atoms with E-state index in [9.17, 15) is 0 Å². The number of aryl methyl sites for hydroxylation is 1. The molecule has 0 radical (unpaired) electrons. The number of fused-ring (bicyclic) bond motifs is 1. The number of likely N-dealkylation sites (N-methyl/N-ethyl adjacent to an activating group) is 1. The van der Waals surface area contributed by atoms with Crippen molar-refractivity contribution >= 4 is 27.5 Å². The van der Waals surface area contributed by atoms with Crippen LogP contribution in [0.2, 0.25) is 0 Å². The third kappa shape index (κ3) is 2.98. The van der Waals surface area contributed by atoms with Crippen LogP contribution in [-0.2, 0) is 19.3 Å². The molecule has 0 aliphatic carbocycles. The molecule has 1 unspecified atom stereocenters. The lowest BCUT2D eigenvalue weighted by atomic mass is 10.00. The number of nitrogens with zero attached hydrogens (tertiary/aromatic N) is 2. The van der Waals surface area contributed by atoms with Gasteiger partial charge >= 0.3 is 0 Å². The quantitative estimate of drug-likeness (QED) is 0.880. The first kappa shape index (κ1) is 14.9. The third-order valence-corrected chi connectivity index (χ3v) is 5.17. The summed E-state index contributed by atoms with van der Waals surface area (Å²) >= 11 is 5.09. The van der Waals surface area contributed by atoms with E-state index in [1.165, 1.54) is 27.5 Å². The summed E-state index contributed by atoms with van der Waals surface area (Å²) in [5.41, 5.74) is 3.63. The van der Waals surface area contributed by atoms with Gasteiger partial charge in [0.2, 0.25) is 0 Å². The van der Waals surface area contributed by atoms with Gasteiger partial charge in [-0.3, -0.25) is 0 Å². The zero-order valence-corrected chi connectivity index (χ0v) is 14.6. The number of hydrogen-bond acceptors (Lipinski definition) is 5. The van der Waals surface area contributed by atoms with Gasteiger partial charge in [-0.25, -0.2) is 0 Å². The molecule has 0 fully saturated rings. The minimum atomic E-state index is 0.225. The number of ether oxygens (including phenoxy) is 1. The standard InChI is InChI=1S/C15H18BrN3OS/c1-3-12-15(21-19-18-12)13(17-2)8-10-7-11(16)6-9-4-5-20-14(9)10/h6-7,13,17H,3-5,8H2,1-2H3. The second kappa shape index (κ2) is 6.42. The normalized spacial score (nSPS) is 14.8. The molecule has 1 aromatic heterocycles. The average molecular weight is 368 g/mol. The number of nitrogens with one attached hydrogen (secondary N) is 1. The van der Waals surface area contributed by atoms with E-state index in [0.29, 0.717) is 0 Å². The van der Waals surface area contributed by atoms with Crippen LogP contribution >= 0.6 is 27.5 Å². The van der Waals surface area contributed by atoms with Gasteiger partial charge in [0.1, 0.15) is 5.75 Å². The minimum absolute atomic E-state index is 0.225. The maximum atomic E-state index is 5.83. The van der Waals surface area contributed by atoms with Crippen LogP contribution in [0, 0.1) is 0 Å². The first-order chi connectivity index (χ1) is 10.2. The predicted molar refractivity (Wildman–Crippen MR) is 88.1 cm³/mol. The van der Waals surface area contributed by atoms with Crippen molar-refractivity contribution in [1.29, 1.82) is 0 Å². The number of rotatable bonds is 5. The molecule has 6 heteroatoms. The van der Waals surface area contributed by atoms with Gasteiger partial charge in [-0.05, 0) is 54.7 Å². The molecule has 1 N–H and O–H groups in total. The number of benzene rings is 1. The SMILES string of the molecule is CCc1nnsc1C(Cc1cc(Br)cc2c1OCC2)NC. The molecule has 0 amide bonds. The Kier molecular flexibility index (Phi) is 4.57. The molecule has 2 aromatic rings. The molecule has 0 saturated heterocycles. The summed E-state index contributed by atoms with van der Waals surface area (Å²) in [5, 5.41) is 7.62. The molecule has 1 aliphatic rings. The van der Waals surface area contributed by atoms with Crippen molar-refractivity contribution in [2.24, 2.45) is 0 Å². The largest absolute Gasteiger partial charge is 0.493 e. The van der Waals surface area contributed by atoms with Crippen LogP contribution in [0.15, 0.2) is 16.6 Å². The average Bonchev–Trinajstić information content (AvgIpc) is 3.12. The maximum absolute atomic E-state index is 5.83. The minimum Gasteiger partial charge on any atom is -0.493 e. The van der Waals surface area contributed by atoms with Gasteiger partial charge in [0.15, 0.2) is 0 Å². The molecule has 0 saturated carbocycles. The van der Waals surface area contributed by atoms with Gasteiger partial charge in [0.25, 0.3) is 0 Å². The highest BCUT2D eigenvalue weighted by Crippen LogP contribution is 2.36. The number of halogens is 1. The fourth-order valence-corrected chi connectivity index (χ4v) is 4.17. The van der Waals surface area contributed by atoms with Crippen molar-refractivity contribution in [3.8, 4) is 5.75 Å². The van der Waals surface area contributed by atoms with Crippen LogP contribution in [0.3, 0.4) is 0 Å². The number of aromatic nitrogens is 2. The summed E-state index contributed by atoms with van der Waals surface area (Å²) in [7, 11) is 1.99. The summed E-state index contributed by atoms with van der Waals surface area (Å²) < 4.78 is 11.1. The fourth-order valence-electron chi connectivity index (χ4n) is 2.77. The maximum Gasteiger partial charge on any atom is 0.125 e. The van der Waals surface area contributed by atoms with Crippen molar-refractivity contribution in [1.82, 2.24) is 14.9 Å². The van der Waals surface area contributed by atoms with E-state index in [-0.39, 0.29) is 6.04 Å². The van der Waals surface area contributed by atoms with E-state index in [1.54, 1.807) is 0 Å². The Hall–Kier alpha value is -0.980. The molecule has 21 heavy (non-hydrogen) atoms. The molecular formula is C15H18BrN3OS. The Morgan fingerprint density at radius 3 is 3.10 bits per heavy atom. The Balaban J connectivity index is 1.92. The highest BCUT2D eigenvalue weighted by atomic mass is 79.9. The zero-order chi connectivity index (χ0) is 14.8. The van der Waals surface area contributed by atoms with Crippen molar-refractivity contribution in [2.45, 2.75) is 32.2 Å². The molecule has 4 nitrogen and oxygen atoms in total. The fraction of sp³-hybridized carbons (Fsp3) is 0.467. The van der Waals surface area contributed by atoms with E-state index in [2.05, 4.69) is 49.9 Å². The molecular weight excluding hydrogens is 350 g/mol. The van der Waals surface area contributed by atoms with E-state index >= 15 is 0 Å². The van der Waals surface area contributed by atoms with Crippen LogP contribution < -0.4 is 10.1 Å². The Bertz CT molecular complexity index is 644. The van der Waals surface area contributed by atoms with Gasteiger partial charge < -0.3 is 10.1 Å². The molecule has 1 aromatic carbocycles.